The van der Waals surface area contributed by atoms with Crippen molar-refractivity contribution in [1.29, 1.82) is 5.26 Å². The van der Waals surface area contributed by atoms with Gasteiger partial charge in [0, 0.05) is 29.9 Å². The number of imide groups is 2. The van der Waals surface area contributed by atoms with Crippen molar-refractivity contribution in [3.8, 4) is 6.07 Å². The number of nitrogens with one attached hydrogen (secondary N) is 3. The summed E-state index contributed by atoms with van der Waals surface area (Å²) in [4.78, 5) is 44.5. The first-order valence-electron chi connectivity index (χ1n) is 7.05. The van der Waals surface area contributed by atoms with Gasteiger partial charge in [-0.05, 0) is 13.0 Å². The second-order valence-corrected chi connectivity index (χ2v) is 4.76. The zero-order valence-corrected chi connectivity index (χ0v) is 13.5. The number of aryl methyl sites for hydroxylation is 1. The van der Waals surface area contributed by atoms with Crippen LogP contribution in [-0.2, 0) is 9.59 Å². The van der Waals surface area contributed by atoms with Crippen LogP contribution in [0.4, 0.5) is 16.2 Å². The van der Waals surface area contributed by atoms with E-state index in [9.17, 15) is 24.5 Å². The Morgan fingerprint density at radius 1 is 1.32 bits per heavy atom. The summed E-state index contributed by atoms with van der Waals surface area (Å²) >= 11 is 0. The van der Waals surface area contributed by atoms with Crippen LogP contribution in [0.2, 0.25) is 0 Å². The highest BCUT2D eigenvalue weighted by Gasteiger charge is 2.15. The average Bonchev–Trinajstić information content (AvgIpc) is 2.56. The van der Waals surface area contributed by atoms with Crippen molar-refractivity contribution in [2.75, 3.05) is 5.32 Å². The molecule has 0 heterocycles. The third-order valence-electron chi connectivity index (χ3n) is 2.96. The summed E-state index contributed by atoms with van der Waals surface area (Å²) in [5.41, 5.74) is 0.152. The minimum Gasteiger partial charge on any atom is -0.360 e. The highest BCUT2D eigenvalue weighted by atomic mass is 16.6. The predicted octanol–water partition coefficient (Wildman–Crippen LogP) is 1.48. The van der Waals surface area contributed by atoms with Crippen molar-refractivity contribution >= 4 is 29.2 Å². The van der Waals surface area contributed by atoms with Crippen molar-refractivity contribution < 1.29 is 19.3 Å². The maximum atomic E-state index is 11.8. The molecule has 130 valence electrons. The Balaban J connectivity index is 2.83. The van der Waals surface area contributed by atoms with Gasteiger partial charge in [-0.15, -0.1) is 0 Å². The van der Waals surface area contributed by atoms with E-state index in [2.05, 4.69) is 5.32 Å². The van der Waals surface area contributed by atoms with Gasteiger partial charge >= 0.3 is 6.03 Å². The van der Waals surface area contributed by atoms with Crippen molar-refractivity contribution in [2.24, 2.45) is 0 Å². The molecule has 0 aliphatic carbocycles. The maximum Gasteiger partial charge on any atom is 0.328 e. The lowest BCUT2D eigenvalue weighted by molar-refractivity contribution is -0.385. The van der Waals surface area contributed by atoms with Crippen LogP contribution < -0.4 is 16.0 Å². The van der Waals surface area contributed by atoms with Crippen LogP contribution in [0.1, 0.15) is 18.9 Å². The van der Waals surface area contributed by atoms with Crippen LogP contribution in [0, 0.1) is 28.4 Å². The molecule has 0 unspecified atom stereocenters. The van der Waals surface area contributed by atoms with Crippen molar-refractivity contribution in [1.82, 2.24) is 10.6 Å². The van der Waals surface area contributed by atoms with E-state index in [0.717, 1.165) is 6.20 Å². The largest absolute Gasteiger partial charge is 0.360 e. The Kier molecular flexibility index (Phi) is 6.78. The van der Waals surface area contributed by atoms with Gasteiger partial charge in [-0.1, -0.05) is 13.0 Å². The van der Waals surface area contributed by atoms with Crippen molar-refractivity contribution in [3.05, 3.63) is 45.6 Å². The molecule has 0 aliphatic rings. The molecule has 0 saturated carbocycles. The molecule has 10 heteroatoms. The number of nitrogens with zero attached hydrogens (tertiary/aromatic N) is 2. The Labute approximate surface area is 142 Å². The van der Waals surface area contributed by atoms with Crippen LogP contribution in [0.5, 0.6) is 0 Å². The first-order chi connectivity index (χ1) is 11.8. The highest BCUT2D eigenvalue weighted by molar-refractivity contribution is 6.09. The fourth-order valence-corrected chi connectivity index (χ4v) is 1.62. The van der Waals surface area contributed by atoms with Gasteiger partial charge in [0.2, 0.25) is 5.91 Å². The van der Waals surface area contributed by atoms with E-state index < -0.39 is 28.3 Å². The monoisotopic (exact) mass is 345 g/mol. The standard InChI is InChI=1S/C15H15N5O5/c1-3-13(21)18-15(23)19-14(22)10(7-16)8-17-11-5-4-9(2)12(6-11)20(24)25/h4-6,8,17H,3H2,1-2H3,(H2,18,19,21,22,23). The molecule has 0 fully saturated rings. The molecule has 0 spiro atoms. The molecule has 1 aromatic carbocycles. The van der Waals surface area contributed by atoms with Gasteiger partial charge < -0.3 is 5.32 Å². The van der Waals surface area contributed by atoms with Crippen molar-refractivity contribution in [3.63, 3.8) is 0 Å². The van der Waals surface area contributed by atoms with Gasteiger partial charge in [0.1, 0.15) is 11.6 Å². The molecule has 4 amide bonds. The number of nitriles is 1. The fourth-order valence-electron chi connectivity index (χ4n) is 1.62. The molecule has 0 saturated heterocycles. The summed E-state index contributed by atoms with van der Waals surface area (Å²) in [6.45, 7) is 3.10. The molecule has 0 radical (unpaired) electrons. The maximum absolute atomic E-state index is 11.8. The van der Waals surface area contributed by atoms with E-state index in [-0.39, 0.29) is 17.8 Å². The number of carbonyl (C=O) groups excluding carboxylic acids is 3. The second kappa shape index (κ2) is 8.78. The van der Waals surface area contributed by atoms with E-state index >= 15 is 0 Å². The summed E-state index contributed by atoms with van der Waals surface area (Å²) in [5.74, 6) is -1.61. The molecule has 3 N–H and O–H groups in total. The number of amides is 4. The van der Waals surface area contributed by atoms with Gasteiger partial charge in [-0.25, -0.2) is 4.79 Å². The topological polar surface area (TPSA) is 154 Å². The van der Waals surface area contributed by atoms with Gasteiger partial charge in [0.15, 0.2) is 0 Å². The van der Waals surface area contributed by atoms with E-state index in [4.69, 9.17) is 5.26 Å². The molecular weight excluding hydrogens is 330 g/mol. The normalized spacial score (nSPS) is 10.4. The SMILES string of the molecule is CCC(=O)NC(=O)NC(=O)C(C#N)=CNc1ccc(C)c([N+](=O)[O-])c1. The number of carbonyl (C=O) groups is 3. The number of hydrogen-bond donors (Lipinski definition) is 3. The lowest BCUT2D eigenvalue weighted by Gasteiger charge is -2.05. The molecule has 0 aromatic heterocycles. The first-order valence-corrected chi connectivity index (χ1v) is 7.05. The zero-order chi connectivity index (χ0) is 19.0. The quantitative estimate of drug-likeness (QED) is 0.316. The Morgan fingerprint density at radius 3 is 2.56 bits per heavy atom. The van der Waals surface area contributed by atoms with E-state index in [1.165, 1.54) is 25.1 Å². The number of nitro benzene ring substituents is 1. The second-order valence-electron chi connectivity index (χ2n) is 4.76. The Hall–Kier alpha value is -3.74. The number of benzene rings is 1. The smallest absolute Gasteiger partial charge is 0.328 e. The first kappa shape index (κ1) is 19.3. The minimum atomic E-state index is -1.05. The molecule has 0 bridgehead atoms. The van der Waals surface area contributed by atoms with Crippen molar-refractivity contribution in [2.45, 2.75) is 20.3 Å². The average molecular weight is 345 g/mol. The molecule has 10 nitrogen and oxygen atoms in total. The summed E-state index contributed by atoms with van der Waals surface area (Å²) in [6.07, 6.45) is 1.05. The van der Waals surface area contributed by atoms with E-state index in [1.807, 2.05) is 10.6 Å². The predicted molar refractivity (Wildman–Crippen MR) is 87.1 cm³/mol. The van der Waals surface area contributed by atoms with Crippen LogP contribution in [0.25, 0.3) is 0 Å². The van der Waals surface area contributed by atoms with Crippen LogP contribution in [0.3, 0.4) is 0 Å². The molecule has 0 aliphatic heterocycles. The van der Waals surface area contributed by atoms with E-state index in [0.29, 0.717) is 5.56 Å². The number of anilines is 1. The zero-order valence-electron chi connectivity index (χ0n) is 13.5. The summed E-state index contributed by atoms with van der Waals surface area (Å²) < 4.78 is 0. The van der Waals surface area contributed by atoms with Crippen LogP contribution in [-0.4, -0.2) is 22.8 Å². The highest BCUT2D eigenvalue weighted by Crippen LogP contribution is 2.22. The number of urea groups is 1. The van der Waals surface area contributed by atoms with Gasteiger partial charge in [0.05, 0.1) is 4.92 Å². The molecule has 1 rings (SSSR count). The third-order valence-corrected chi connectivity index (χ3v) is 2.96. The summed E-state index contributed by atoms with van der Waals surface area (Å²) in [6, 6.07) is 4.80. The summed E-state index contributed by atoms with van der Waals surface area (Å²) in [7, 11) is 0. The Bertz CT molecular complexity index is 794. The molecular formula is C15H15N5O5. The number of rotatable bonds is 5. The van der Waals surface area contributed by atoms with E-state index in [1.54, 1.807) is 13.0 Å². The third kappa shape index (κ3) is 5.76. The molecule has 1 aromatic rings. The minimum absolute atomic E-state index is 0.0519. The molecule has 0 atom stereocenters. The fraction of sp³-hybridized carbons (Fsp3) is 0.200. The lowest BCUT2D eigenvalue weighted by atomic mass is 10.2. The Morgan fingerprint density at radius 2 is 2.00 bits per heavy atom. The number of hydrogen-bond acceptors (Lipinski definition) is 7. The van der Waals surface area contributed by atoms with Gasteiger partial charge in [-0.2, -0.15) is 5.26 Å². The van der Waals surface area contributed by atoms with Crippen LogP contribution >= 0.6 is 0 Å². The molecule has 25 heavy (non-hydrogen) atoms. The number of nitro groups is 1. The lowest BCUT2D eigenvalue weighted by Crippen LogP contribution is -2.42. The van der Waals surface area contributed by atoms with Crippen LogP contribution in [0.15, 0.2) is 30.0 Å². The summed E-state index contributed by atoms with van der Waals surface area (Å²) in [5, 5.41) is 26.2. The van der Waals surface area contributed by atoms with Gasteiger partial charge in [-0.3, -0.25) is 30.3 Å². The van der Waals surface area contributed by atoms with Gasteiger partial charge in [0.25, 0.3) is 11.6 Å².